The monoisotopic (exact) mass is 476 g/mol. The first kappa shape index (κ1) is 23.2. The van der Waals surface area contributed by atoms with Crippen LogP contribution in [0.1, 0.15) is 15.9 Å². The molecule has 1 fully saturated rings. The van der Waals surface area contributed by atoms with E-state index in [0.29, 0.717) is 11.1 Å². The van der Waals surface area contributed by atoms with Crippen molar-refractivity contribution in [3.8, 4) is 11.3 Å². The fraction of sp³-hybridized carbons (Fsp3) is 0.304. The molecule has 0 bridgehead atoms. The van der Waals surface area contributed by atoms with Crippen molar-refractivity contribution in [3.05, 3.63) is 59.4 Å². The lowest BCUT2D eigenvalue weighted by Crippen LogP contribution is -2.30. The Balaban J connectivity index is 1.71. The largest absolute Gasteiger partial charge is 0.465 e. The Morgan fingerprint density at radius 3 is 2.52 bits per heavy atom. The highest BCUT2D eigenvalue weighted by Crippen LogP contribution is 2.30. The minimum Gasteiger partial charge on any atom is -0.465 e. The second-order valence-corrected chi connectivity index (χ2v) is 9.74. The first-order chi connectivity index (χ1) is 15.6. The molecule has 33 heavy (non-hydrogen) atoms. The molecule has 2 atom stereocenters. The zero-order valence-electron chi connectivity index (χ0n) is 18.2. The predicted octanol–water partition coefficient (Wildman–Crippen LogP) is 3.49. The summed E-state index contributed by atoms with van der Waals surface area (Å²) in [6.07, 6.45) is -2.31. The standard InChI is InChI=1S/C23H22F2N2O5S/c1-13-8-20(26-21-9-14(23(28)32-3)4-6-16(13)21)17-7-5-15(10-18(17)24)33(29,30)27-11-19(25)22(12-27)31-2/h4-10,19,22H,11-12H2,1-3H3/t19-,22-/m1/s1. The maximum atomic E-state index is 15.1. The summed E-state index contributed by atoms with van der Waals surface area (Å²) in [5, 5.41) is 0.786. The second-order valence-electron chi connectivity index (χ2n) is 7.80. The fourth-order valence-corrected chi connectivity index (χ4v) is 5.39. The van der Waals surface area contributed by atoms with Crippen molar-refractivity contribution in [3.63, 3.8) is 0 Å². The van der Waals surface area contributed by atoms with Gasteiger partial charge in [0.15, 0.2) is 0 Å². The molecule has 7 nitrogen and oxygen atoms in total. The smallest absolute Gasteiger partial charge is 0.337 e. The number of sulfonamides is 1. The van der Waals surface area contributed by atoms with Crippen LogP contribution in [0.4, 0.5) is 8.78 Å². The number of fused-ring (bicyclic) bond motifs is 1. The number of ether oxygens (including phenoxy) is 2. The van der Waals surface area contributed by atoms with Gasteiger partial charge in [-0.2, -0.15) is 4.31 Å². The minimum absolute atomic E-state index is 0.0991. The topological polar surface area (TPSA) is 85.8 Å². The Morgan fingerprint density at radius 1 is 1.12 bits per heavy atom. The lowest BCUT2D eigenvalue weighted by molar-refractivity contribution is 0.0601. The van der Waals surface area contributed by atoms with Crippen molar-refractivity contribution in [2.75, 3.05) is 27.3 Å². The van der Waals surface area contributed by atoms with Gasteiger partial charge in [-0.15, -0.1) is 0 Å². The van der Waals surface area contributed by atoms with Crippen LogP contribution in [0, 0.1) is 12.7 Å². The number of alkyl halides is 1. The van der Waals surface area contributed by atoms with E-state index in [2.05, 4.69) is 4.98 Å². The fourth-order valence-electron chi connectivity index (χ4n) is 3.92. The summed E-state index contributed by atoms with van der Waals surface area (Å²) in [6, 6.07) is 10.1. The number of benzene rings is 2. The van der Waals surface area contributed by atoms with Gasteiger partial charge in [0.05, 0.1) is 28.8 Å². The summed E-state index contributed by atoms with van der Waals surface area (Å²) in [5.74, 6) is -1.30. The molecule has 1 aromatic heterocycles. The van der Waals surface area contributed by atoms with E-state index >= 15 is 4.39 Å². The molecule has 3 aromatic rings. The molecule has 174 valence electrons. The molecule has 0 unspecified atom stereocenters. The number of methoxy groups -OCH3 is 2. The third kappa shape index (κ3) is 4.21. The lowest BCUT2D eigenvalue weighted by atomic mass is 10.0. The average molecular weight is 477 g/mol. The number of nitrogens with zero attached hydrogens (tertiary/aromatic N) is 2. The van der Waals surface area contributed by atoms with Crippen molar-refractivity contribution in [2.24, 2.45) is 0 Å². The van der Waals surface area contributed by atoms with E-state index in [4.69, 9.17) is 9.47 Å². The van der Waals surface area contributed by atoms with Crippen molar-refractivity contribution >= 4 is 26.9 Å². The first-order valence-corrected chi connectivity index (χ1v) is 11.6. The molecule has 4 rings (SSSR count). The number of aromatic nitrogens is 1. The van der Waals surface area contributed by atoms with Gasteiger partial charge in [0.25, 0.3) is 0 Å². The second kappa shape index (κ2) is 8.77. The van der Waals surface area contributed by atoms with Crippen molar-refractivity contribution < 1.29 is 31.5 Å². The van der Waals surface area contributed by atoms with Gasteiger partial charge in [0, 0.05) is 31.1 Å². The van der Waals surface area contributed by atoms with E-state index in [1.54, 1.807) is 24.3 Å². The molecule has 0 saturated carbocycles. The molecule has 1 aliphatic heterocycles. The van der Waals surface area contributed by atoms with E-state index in [0.717, 1.165) is 21.3 Å². The zero-order valence-corrected chi connectivity index (χ0v) is 19.0. The van der Waals surface area contributed by atoms with Crippen molar-refractivity contribution in [1.82, 2.24) is 9.29 Å². The number of halogens is 2. The van der Waals surface area contributed by atoms with Crippen LogP contribution in [0.15, 0.2) is 47.4 Å². The van der Waals surface area contributed by atoms with Crippen LogP contribution < -0.4 is 0 Å². The molecule has 10 heteroatoms. The summed E-state index contributed by atoms with van der Waals surface area (Å²) < 4.78 is 65.5. The Morgan fingerprint density at radius 2 is 1.88 bits per heavy atom. The zero-order chi connectivity index (χ0) is 23.9. The molecule has 0 aliphatic carbocycles. The molecular formula is C23H22F2N2O5S. The number of rotatable bonds is 5. The van der Waals surface area contributed by atoms with Crippen LogP contribution in [0.2, 0.25) is 0 Å². The summed E-state index contributed by atoms with van der Waals surface area (Å²) in [6.45, 7) is 1.34. The van der Waals surface area contributed by atoms with E-state index in [1.165, 1.54) is 26.4 Å². The number of carbonyl (C=O) groups is 1. The highest BCUT2D eigenvalue weighted by molar-refractivity contribution is 7.89. The Hall–Kier alpha value is -2.95. The van der Waals surface area contributed by atoms with Gasteiger partial charge in [0.1, 0.15) is 18.1 Å². The third-order valence-electron chi connectivity index (χ3n) is 5.76. The van der Waals surface area contributed by atoms with Crippen LogP contribution in [0.25, 0.3) is 22.2 Å². The predicted molar refractivity (Wildman–Crippen MR) is 118 cm³/mol. The normalized spacial score (nSPS) is 19.2. The van der Waals surface area contributed by atoms with Gasteiger partial charge in [-0.05, 0) is 48.9 Å². The summed E-state index contributed by atoms with van der Waals surface area (Å²) in [5.41, 5.74) is 1.97. The third-order valence-corrected chi connectivity index (χ3v) is 7.59. The summed E-state index contributed by atoms with van der Waals surface area (Å²) in [4.78, 5) is 16.0. The molecule has 0 amide bonds. The van der Waals surface area contributed by atoms with Gasteiger partial charge in [0.2, 0.25) is 10.0 Å². The number of carbonyl (C=O) groups excluding carboxylic acids is 1. The van der Waals surface area contributed by atoms with E-state index in [9.17, 15) is 17.6 Å². The Labute approximate surface area is 190 Å². The van der Waals surface area contributed by atoms with Crippen LogP contribution in [-0.2, 0) is 19.5 Å². The Bertz CT molecular complexity index is 1350. The quantitative estimate of drug-likeness (QED) is 0.524. The van der Waals surface area contributed by atoms with Gasteiger partial charge in [-0.25, -0.2) is 27.0 Å². The summed E-state index contributed by atoms with van der Waals surface area (Å²) >= 11 is 0. The molecule has 0 N–H and O–H groups in total. The van der Waals surface area contributed by atoms with Gasteiger partial charge in [-0.3, -0.25) is 0 Å². The van der Waals surface area contributed by atoms with E-state index in [-0.39, 0.29) is 29.2 Å². The number of pyridine rings is 1. The number of esters is 1. The van der Waals surface area contributed by atoms with Crippen LogP contribution in [-0.4, -0.2) is 63.3 Å². The van der Waals surface area contributed by atoms with Gasteiger partial charge < -0.3 is 9.47 Å². The number of hydrogen-bond donors (Lipinski definition) is 0. The number of aryl methyl sites for hydroxylation is 1. The summed E-state index contributed by atoms with van der Waals surface area (Å²) in [7, 11) is -1.51. The van der Waals surface area contributed by atoms with E-state index < -0.39 is 34.1 Å². The highest BCUT2D eigenvalue weighted by Gasteiger charge is 2.40. The minimum atomic E-state index is -4.10. The lowest BCUT2D eigenvalue weighted by Gasteiger charge is -2.16. The van der Waals surface area contributed by atoms with Crippen molar-refractivity contribution in [2.45, 2.75) is 24.1 Å². The van der Waals surface area contributed by atoms with E-state index in [1.807, 2.05) is 6.92 Å². The molecular weight excluding hydrogens is 454 g/mol. The molecule has 0 spiro atoms. The van der Waals surface area contributed by atoms with Crippen molar-refractivity contribution in [1.29, 1.82) is 0 Å². The van der Waals surface area contributed by atoms with Crippen LogP contribution in [0.5, 0.6) is 0 Å². The Kier molecular flexibility index (Phi) is 6.17. The first-order valence-electron chi connectivity index (χ1n) is 10.1. The van der Waals surface area contributed by atoms with Crippen LogP contribution in [0.3, 0.4) is 0 Å². The number of hydrogen-bond acceptors (Lipinski definition) is 6. The molecule has 2 aromatic carbocycles. The molecule has 2 heterocycles. The van der Waals surface area contributed by atoms with Crippen LogP contribution >= 0.6 is 0 Å². The highest BCUT2D eigenvalue weighted by atomic mass is 32.2. The maximum Gasteiger partial charge on any atom is 0.337 e. The maximum absolute atomic E-state index is 15.1. The average Bonchev–Trinajstić information content (AvgIpc) is 3.19. The molecule has 1 saturated heterocycles. The molecule has 1 aliphatic rings. The molecule has 0 radical (unpaired) electrons. The van der Waals surface area contributed by atoms with Gasteiger partial charge >= 0.3 is 5.97 Å². The SMILES string of the molecule is COC(=O)c1ccc2c(C)cc(-c3ccc(S(=O)(=O)N4C[C@@H](F)[C@H](OC)C4)cc3F)nc2c1. The van der Waals surface area contributed by atoms with Gasteiger partial charge in [-0.1, -0.05) is 6.07 Å².